The molecule has 0 radical (unpaired) electrons. The van der Waals surface area contributed by atoms with E-state index in [0.29, 0.717) is 13.0 Å². The van der Waals surface area contributed by atoms with Gasteiger partial charge in [-0.25, -0.2) is 0 Å². The number of aliphatic hydroxyl groups is 1. The molecule has 2 N–H and O–H groups in total. The number of unbranched alkanes of at least 4 members (excludes halogenated alkanes) is 23. The van der Waals surface area contributed by atoms with Crippen LogP contribution in [0.2, 0.25) is 0 Å². The van der Waals surface area contributed by atoms with Crippen LogP contribution >= 0.6 is 0 Å². The number of allylic oxidation sites excluding steroid dienone is 2. The molecule has 0 aliphatic rings. The van der Waals surface area contributed by atoms with E-state index in [2.05, 4.69) is 12.2 Å². The molecule has 3 heteroatoms. The minimum Gasteiger partial charge on any atom is -0.481 e. The van der Waals surface area contributed by atoms with Crippen LogP contribution in [0.1, 0.15) is 167 Å². The van der Waals surface area contributed by atoms with Crippen molar-refractivity contribution in [1.29, 1.82) is 0 Å². The van der Waals surface area contributed by atoms with Gasteiger partial charge in [0.15, 0.2) is 0 Å². The lowest BCUT2D eigenvalue weighted by molar-refractivity contribution is -0.137. The Labute approximate surface area is 206 Å². The largest absolute Gasteiger partial charge is 0.481 e. The van der Waals surface area contributed by atoms with Gasteiger partial charge in [0.25, 0.3) is 0 Å². The maximum Gasteiger partial charge on any atom is 0.303 e. The van der Waals surface area contributed by atoms with Crippen LogP contribution in [-0.2, 0) is 4.79 Å². The Hall–Kier alpha value is -0.830. The maximum absolute atomic E-state index is 10.4. The number of carboxylic acid groups (broad SMARTS) is 1. The van der Waals surface area contributed by atoms with Gasteiger partial charge in [0.1, 0.15) is 0 Å². The molecule has 196 valence electrons. The zero-order chi connectivity index (χ0) is 24.1. The summed E-state index contributed by atoms with van der Waals surface area (Å²) in [5.74, 6) is -0.655. The van der Waals surface area contributed by atoms with Crippen molar-refractivity contribution in [3.05, 3.63) is 12.2 Å². The molecule has 0 bridgehead atoms. The summed E-state index contributed by atoms with van der Waals surface area (Å²) in [5.41, 5.74) is 0. The van der Waals surface area contributed by atoms with E-state index in [0.717, 1.165) is 19.3 Å². The Bertz CT molecular complexity index is 405. The van der Waals surface area contributed by atoms with Gasteiger partial charge in [-0.3, -0.25) is 4.79 Å². The van der Waals surface area contributed by atoms with E-state index < -0.39 is 5.97 Å². The number of hydrogen-bond acceptors (Lipinski definition) is 2. The molecule has 0 saturated carbocycles. The van der Waals surface area contributed by atoms with Crippen LogP contribution in [0.3, 0.4) is 0 Å². The van der Waals surface area contributed by atoms with Crippen LogP contribution in [0, 0.1) is 0 Å². The maximum atomic E-state index is 10.4. The first-order valence-electron chi connectivity index (χ1n) is 14.7. The SMILES string of the molecule is O=C(O)CCCCCCCCCCCCCCCCCCC/C=C\CCCCCCCCO. The second kappa shape index (κ2) is 29.2. The highest BCUT2D eigenvalue weighted by Crippen LogP contribution is 2.15. The average molecular weight is 467 g/mol. The molecule has 0 aliphatic carbocycles. The van der Waals surface area contributed by atoms with E-state index in [9.17, 15) is 4.79 Å². The van der Waals surface area contributed by atoms with Crippen LogP contribution in [0.5, 0.6) is 0 Å². The molecule has 0 aromatic heterocycles. The molecular formula is C30H58O3. The van der Waals surface area contributed by atoms with Gasteiger partial charge in [-0.05, 0) is 38.5 Å². The van der Waals surface area contributed by atoms with Crippen molar-refractivity contribution in [2.75, 3.05) is 6.61 Å². The molecule has 3 nitrogen and oxygen atoms in total. The first kappa shape index (κ1) is 32.2. The molecule has 0 aromatic carbocycles. The van der Waals surface area contributed by atoms with Gasteiger partial charge in [0.2, 0.25) is 0 Å². The van der Waals surface area contributed by atoms with Crippen molar-refractivity contribution in [2.45, 2.75) is 167 Å². The monoisotopic (exact) mass is 466 g/mol. The van der Waals surface area contributed by atoms with E-state index in [-0.39, 0.29) is 0 Å². The van der Waals surface area contributed by atoms with Crippen molar-refractivity contribution in [1.82, 2.24) is 0 Å². The average Bonchev–Trinajstić information content (AvgIpc) is 2.80. The highest BCUT2D eigenvalue weighted by atomic mass is 16.4. The highest BCUT2D eigenvalue weighted by Gasteiger charge is 1.97. The van der Waals surface area contributed by atoms with Crippen LogP contribution < -0.4 is 0 Å². The van der Waals surface area contributed by atoms with Crippen LogP contribution in [0.4, 0.5) is 0 Å². The summed E-state index contributed by atoms with van der Waals surface area (Å²) in [7, 11) is 0. The van der Waals surface area contributed by atoms with Gasteiger partial charge < -0.3 is 10.2 Å². The second-order valence-electron chi connectivity index (χ2n) is 10.0. The molecule has 0 unspecified atom stereocenters. The zero-order valence-corrected chi connectivity index (χ0v) is 22.0. The Morgan fingerprint density at radius 1 is 0.424 bits per heavy atom. The lowest BCUT2D eigenvalue weighted by Crippen LogP contribution is -1.93. The summed E-state index contributed by atoms with van der Waals surface area (Å²) >= 11 is 0. The first-order valence-corrected chi connectivity index (χ1v) is 14.7. The Morgan fingerprint density at radius 2 is 0.697 bits per heavy atom. The molecule has 0 saturated heterocycles. The molecule has 0 aliphatic heterocycles. The summed E-state index contributed by atoms with van der Waals surface area (Å²) in [6.07, 6.45) is 37.7. The molecule has 0 heterocycles. The van der Waals surface area contributed by atoms with Crippen molar-refractivity contribution in [2.24, 2.45) is 0 Å². The molecule has 0 fully saturated rings. The third kappa shape index (κ3) is 31.2. The van der Waals surface area contributed by atoms with Gasteiger partial charge in [-0.1, -0.05) is 134 Å². The lowest BCUT2D eigenvalue weighted by atomic mass is 10.0. The van der Waals surface area contributed by atoms with Gasteiger partial charge in [-0.2, -0.15) is 0 Å². The van der Waals surface area contributed by atoms with E-state index in [4.69, 9.17) is 10.2 Å². The van der Waals surface area contributed by atoms with Gasteiger partial charge in [-0.15, -0.1) is 0 Å². The third-order valence-corrected chi connectivity index (χ3v) is 6.71. The summed E-state index contributed by atoms with van der Waals surface area (Å²) in [6.45, 7) is 0.353. The molecule has 0 aromatic rings. The number of rotatable bonds is 28. The van der Waals surface area contributed by atoms with Crippen molar-refractivity contribution in [3.8, 4) is 0 Å². The fourth-order valence-electron chi connectivity index (χ4n) is 4.51. The van der Waals surface area contributed by atoms with Gasteiger partial charge in [0.05, 0.1) is 0 Å². The number of carboxylic acids is 1. The van der Waals surface area contributed by atoms with Crippen molar-refractivity contribution < 1.29 is 15.0 Å². The minimum absolute atomic E-state index is 0.340. The second-order valence-corrected chi connectivity index (χ2v) is 10.0. The fourth-order valence-corrected chi connectivity index (χ4v) is 4.51. The molecule has 0 rings (SSSR count). The van der Waals surface area contributed by atoms with Crippen LogP contribution in [-0.4, -0.2) is 22.8 Å². The molecule has 0 amide bonds. The summed E-state index contributed by atoms with van der Waals surface area (Å²) in [6, 6.07) is 0. The summed E-state index contributed by atoms with van der Waals surface area (Å²) in [5, 5.41) is 17.4. The van der Waals surface area contributed by atoms with Gasteiger partial charge in [0, 0.05) is 13.0 Å². The highest BCUT2D eigenvalue weighted by molar-refractivity contribution is 5.66. The summed E-state index contributed by atoms with van der Waals surface area (Å²) < 4.78 is 0. The third-order valence-electron chi connectivity index (χ3n) is 6.71. The predicted molar refractivity (Wildman–Crippen MR) is 144 cm³/mol. The molecular weight excluding hydrogens is 408 g/mol. The van der Waals surface area contributed by atoms with Crippen LogP contribution in [0.15, 0.2) is 12.2 Å². The molecule has 0 spiro atoms. The van der Waals surface area contributed by atoms with E-state index in [1.807, 2.05) is 0 Å². The molecule has 0 atom stereocenters. The Kier molecular flexibility index (Phi) is 28.5. The minimum atomic E-state index is -0.655. The van der Waals surface area contributed by atoms with E-state index in [1.165, 1.54) is 141 Å². The van der Waals surface area contributed by atoms with Gasteiger partial charge >= 0.3 is 5.97 Å². The van der Waals surface area contributed by atoms with Crippen molar-refractivity contribution >= 4 is 5.97 Å². The quantitative estimate of drug-likeness (QED) is 0.0890. The van der Waals surface area contributed by atoms with Crippen molar-refractivity contribution in [3.63, 3.8) is 0 Å². The Morgan fingerprint density at radius 3 is 1.00 bits per heavy atom. The lowest BCUT2D eigenvalue weighted by Gasteiger charge is -2.03. The standard InChI is InChI=1S/C30H58O3/c31-29-27-25-23-21-19-17-15-13-11-9-7-5-3-1-2-4-6-8-10-12-14-16-18-20-22-24-26-28-30(32)33/h11,13,31H,1-10,12,14-29H2,(H,32,33)/b13-11-. The number of hydrogen-bond donors (Lipinski definition) is 2. The topological polar surface area (TPSA) is 57.5 Å². The fraction of sp³-hybridized carbons (Fsp3) is 0.900. The molecule has 33 heavy (non-hydrogen) atoms. The predicted octanol–water partition coefficient (Wildman–Crippen LogP) is 9.76. The van der Waals surface area contributed by atoms with Crippen LogP contribution in [0.25, 0.3) is 0 Å². The summed E-state index contributed by atoms with van der Waals surface area (Å²) in [4.78, 5) is 10.4. The Balaban J connectivity index is 3.07. The normalized spacial score (nSPS) is 11.5. The zero-order valence-electron chi connectivity index (χ0n) is 22.0. The number of carbonyl (C=O) groups is 1. The smallest absolute Gasteiger partial charge is 0.303 e. The van der Waals surface area contributed by atoms with E-state index in [1.54, 1.807) is 0 Å². The first-order chi connectivity index (χ1) is 16.3. The van der Waals surface area contributed by atoms with E-state index >= 15 is 0 Å². The number of aliphatic carboxylic acids is 1. The number of aliphatic hydroxyl groups excluding tert-OH is 1.